The number of carbonyl (C=O) groups excluding carboxylic acids is 1. The van der Waals surface area contributed by atoms with Gasteiger partial charge < -0.3 is 5.11 Å². The molecule has 1 aliphatic heterocycles. The van der Waals surface area contributed by atoms with Crippen LogP contribution in [0, 0.1) is 0 Å². The lowest BCUT2D eigenvalue weighted by Crippen LogP contribution is -2.45. The number of sulfonamides is 1. The average molecular weight is 295 g/mol. The van der Waals surface area contributed by atoms with E-state index in [0.29, 0.717) is 11.1 Å². The number of carbonyl (C=O) groups is 1. The molecule has 0 aliphatic carbocycles. The third-order valence-electron chi connectivity index (χ3n) is 3.00. The summed E-state index contributed by atoms with van der Waals surface area (Å²) in [6, 6.07) is 6.45. The Hall–Kier alpha value is -1.66. The van der Waals surface area contributed by atoms with E-state index in [-0.39, 0.29) is 11.5 Å². The smallest absolute Gasteiger partial charge is 0.268 e. The third-order valence-corrected chi connectivity index (χ3v) is 5.12. The second-order valence-electron chi connectivity index (χ2n) is 5.64. The average Bonchev–Trinajstić information content (AvgIpc) is 2.58. The molecule has 0 aromatic heterocycles. The van der Waals surface area contributed by atoms with Crippen LogP contribution in [0.1, 0.15) is 31.9 Å². The van der Waals surface area contributed by atoms with Crippen LogP contribution in [-0.4, -0.2) is 29.3 Å². The Morgan fingerprint density at radius 2 is 1.70 bits per heavy atom. The first-order valence-corrected chi connectivity index (χ1v) is 7.63. The molecule has 1 aliphatic rings. The number of aliphatic hydroxyl groups excluding tert-OH is 1. The summed E-state index contributed by atoms with van der Waals surface area (Å²) in [7, 11) is -3.82. The minimum Gasteiger partial charge on any atom is -0.392 e. The van der Waals surface area contributed by atoms with E-state index in [1.54, 1.807) is 45.0 Å². The fourth-order valence-electron chi connectivity index (χ4n) is 2.16. The number of aliphatic hydroxyl groups is 1. The number of nitrogens with zero attached hydrogens (tertiary/aromatic N) is 1. The molecule has 0 spiro atoms. The van der Waals surface area contributed by atoms with Crippen molar-refractivity contribution in [3.63, 3.8) is 0 Å². The predicted molar refractivity (Wildman–Crippen MR) is 75.9 cm³/mol. The Bertz CT molecular complexity index is 666. The first kappa shape index (κ1) is 14.7. The number of hydrogen-bond donors (Lipinski definition) is 1. The van der Waals surface area contributed by atoms with Crippen LogP contribution in [0.5, 0.6) is 0 Å². The van der Waals surface area contributed by atoms with Crippen molar-refractivity contribution in [3.8, 4) is 0 Å². The van der Waals surface area contributed by atoms with E-state index in [9.17, 15) is 13.2 Å². The zero-order valence-electron chi connectivity index (χ0n) is 11.6. The highest BCUT2D eigenvalue weighted by atomic mass is 32.2. The molecule has 1 heterocycles. The van der Waals surface area contributed by atoms with Crippen LogP contribution in [0.3, 0.4) is 0 Å². The monoisotopic (exact) mass is 295 g/mol. The van der Waals surface area contributed by atoms with Crippen molar-refractivity contribution in [1.82, 2.24) is 4.31 Å². The molecule has 5 nitrogen and oxygen atoms in total. The fraction of sp³-hybridized carbons (Fsp3) is 0.357. The van der Waals surface area contributed by atoms with Gasteiger partial charge in [-0.25, -0.2) is 12.7 Å². The molecule has 20 heavy (non-hydrogen) atoms. The SMILES string of the molecule is CC(C)(C)N1C(=O)C=C(c2ccc(CO)cc2)S1(=O)=O. The molecule has 6 heteroatoms. The number of benzene rings is 1. The van der Waals surface area contributed by atoms with Crippen molar-refractivity contribution in [3.05, 3.63) is 41.5 Å². The van der Waals surface area contributed by atoms with Crippen LogP contribution < -0.4 is 0 Å². The van der Waals surface area contributed by atoms with Crippen molar-refractivity contribution in [2.24, 2.45) is 0 Å². The van der Waals surface area contributed by atoms with Crippen LogP contribution in [0.2, 0.25) is 0 Å². The molecule has 1 aromatic rings. The van der Waals surface area contributed by atoms with Crippen LogP contribution in [-0.2, 0) is 21.4 Å². The van der Waals surface area contributed by atoms with Crippen molar-refractivity contribution in [1.29, 1.82) is 0 Å². The molecule has 2 rings (SSSR count). The van der Waals surface area contributed by atoms with Crippen molar-refractivity contribution in [2.75, 3.05) is 0 Å². The molecule has 1 N–H and O–H groups in total. The van der Waals surface area contributed by atoms with E-state index in [1.807, 2.05) is 0 Å². The Labute approximate surface area is 118 Å². The van der Waals surface area contributed by atoms with Gasteiger partial charge in [-0.3, -0.25) is 4.79 Å². The Balaban J connectivity index is 2.48. The highest BCUT2D eigenvalue weighted by Crippen LogP contribution is 2.35. The van der Waals surface area contributed by atoms with Gasteiger partial charge in [0.15, 0.2) is 0 Å². The van der Waals surface area contributed by atoms with E-state index >= 15 is 0 Å². The summed E-state index contributed by atoms with van der Waals surface area (Å²) in [6.07, 6.45) is 1.15. The molecule has 108 valence electrons. The Morgan fingerprint density at radius 1 is 1.15 bits per heavy atom. The maximum atomic E-state index is 12.5. The molecule has 0 saturated carbocycles. The molecule has 1 aromatic carbocycles. The fourth-order valence-corrected chi connectivity index (χ4v) is 4.05. The van der Waals surface area contributed by atoms with Gasteiger partial charge in [0.2, 0.25) is 0 Å². The first-order valence-electron chi connectivity index (χ1n) is 6.19. The molecule has 0 atom stereocenters. The van der Waals surface area contributed by atoms with E-state index in [2.05, 4.69) is 0 Å². The second-order valence-corrected chi connectivity index (χ2v) is 7.40. The number of hydrogen-bond acceptors (Lipinski definition) is 4. The molecule has 0 saturated heterocycles. The summed E-state index contributed by atoms with van der Waals surface area (Å²) in [4.78, 5) is 12.0. The lowest BCUT2D eigenvalue weighted by atomic mass is 10.1. The Morgan fingerprint density at radius 3 is 2.10 bits per heavy atom. The second kappa shape index (κ2) is 4.71. The summed E-state index contributed by atoms with van der Waals surface area (Å²) in [5.74, 6) is -0.529. The summed E-state index contributed by atoms with van der Waals surface area (Å²) < 4.78 is 25.9. The van der Waals surface area contributed by atoms with Gasteiger partial charge in [-0.2, -0.15) is 0 Å². The highest BCUT2D eigenvalue weighted by Gasteiger charge is 2.44. The standard InChI is InChI=1S/C14H17NO4S/c1-14(2,3)15-13(17)8-12(20(15,18)19)11-6-4-10(9-16)5-7-11/h4-8,16H,9H2,1-3H3. The van der Waals surface area contributed by atoms with Crippen LogP contribution >= 0.6 is 0 Å². The van der Waals surface area contributed by atoms with E-state index in [1.165, 1.54) is 0 Å². The molecular weight excluding hydrogens is 278 g/mol. The predicted octanol–water partition coefficient (Wildman–Crippen LogP) is 1.49. The van der Waals surface area contributed by atoms with Gasteiger partial charge in [0.1, 0.15) is 4.91 Å². The zero-order chi connectivity index (χ0) is 15.1. The topological polar surface area (TPSA) is 74.7 Å². The quantitative estimate of drug-likeness (QED) is 0.897. The van der Waals surface area contributed by atoms with Crippen LogP contribution in [0.4, 0.5) is 0 Å². The zero-order valence-corrected chi connectivity index (χ0v) is 12.4. The van der Waals surface area contributed by atoms with Gasteiger partial charge in [0, 0.05) is 6.08 Å². The minimum atomic E-state index is -3.82. The molecule has 1 amide bonds. The molecular formula is C14H17NO4S. The van der Waals surface area contributed by atoms with Gasteiger partial charge in [-0.05, 0) is 31.9 Å². The largest absolute Gasteiger partial charge is 0.392 e. The summed E-state index contributed by atoms with van der Waals surface area (Å²) in [6.45, 7) is 4.91. The molecule has 0 radical (unpaired) electrons. The summed E-state index contributed by atoms with van der Waals surface area (Å²) in [5.41, 5.74) is 0.324. The third kappa shape index (κ3) is 2.36. The van der Waals surface area contributed by atoms with E-state index in [0.717, 1.165) is 10.4 Å². The van der Waals surface area contributed by atoms with Gasteiger partial charge in [-0.15, -0.1) is 0 Å². The maximum Gasteiger partial charge on any atom is 0.268 e. The van der Waals surface area contributed by atoms with Crippen LogP contribution in [0.15, 0.2) is 30.3 Å². The molecule has 0 unspecified atom stereocenters. The van der Waals surface area contributed by atoms with Gasteiger partial charge in [0.25, 0.3) is 15.9 Å². The van der Waals surface area contributed by atoms with E-state index in [4.69, 9.17) is 5.11 Å². The number of rotatable bonds is 2. The van der Waals surface area contributed by atoms with Crippen molar-refractivity contribution in [2.45, 2.75) is 32.9 Å². The normalized spacial score (nSPS) is 18.3. The van der Waals surface area contributed by atoms with Gasteiger partial charge >= 0.3 is 0 Å². The first-order chi connectivity index (χ1) is 9.17. The lowest BCUT2D eigenvalue weighted by Gasteiger charge is -2.30. The summed E-state index contributed by atoms with van der Waals surface area (Å²) in [5, 5.41) is 8.99. The minimum absolute atomic E-state index is 0.00177. The van der Waals surface area contributed by atoms with Crippen molar-refractivity contribution < 1.29 is 18.3 Å². The Kier molecular flexibility index (Phi) is 3.47. The molecule has 0 fully saturated rings. The van der Waals surface area contributed by atoms with Gasteiger partial charge in [0.05, 0.1) is 12.1 Å². The van der Waals surface area contributed by atoms with Gasteiger partial charge in [-0.1, -0.05) is 24.3 Å². The van der Waals surface area contributed by atoms with Crippen LogP contribution in [0.25, 0.3) is 4.91 Å². The molecule has 0 bridgehead atoms. The van der Waals surface area contributed by atoms with E-state index < -0.39 is 21.5 Å². The van der Waals surface area contributed by atoms with Crippen molar-refractivity contribution >= 4 is 20.8 Å². The highest BCUT2D eigenvalue weighted by molar-refractivity contribution is 7.99. The lowest BCUT2D eigenvalue weighted by molar-refractivity contribution is -0.123. The maximum absolute atomic E-state index is 12.5. The summed E-state index contributed by atoms with van der Waals surface area (Å²) >= 11 is 0. The number of amides is 1.